The van der Waals surface area contributed by atoms with Crippen molar-refractivity contribution in [3.63, 3.8) is 0 Å². The zero-order chi connectivity index (χ0) is 19.2. The lowest BCUT2D eigenvalue weighted by atomic mass is 10.1. The number of methoxy groups -OCH3 is 3. The van der Waals surface area contributed by atoms with Crippen LogP contribution in [0.4, 0.5) is 6.01 Å². The first-order valence-electron chi connectivity index (χ1n) is 8.11. The molecule has 0 spiro atoms. The van der Waals surface area contributed by atoms with Gasteiger partial charge >= 0.3 is 6.01 Å². The molecule has 8 nitrogen and oxygen atoms in total. The van der Waals surface area contributed by atoms with Crippen molar-refractivity contribution >= 4 is 11.9 Å². The van der Waals surface area contributed by atoms with Crippen LogP contribution in [-0.4, -0.2) is 37.4 Å². The number of amides is 1. The first kappa shape index (κ1) is 18.2. The Morgan fingerprint density at radius 2 is 1.70 bits per heavy atom. The maximum atomic E-state index is 12.4. The van der Waals surface area contributed by atoms with Gasteiger partial charge in [-0.25, -0.2) is 0 Å². The van der Waals surface area contributed by atoms with Crippen LogP contribution >= 0.6 is 0 Å². The molecule has 0 radical (unpaired) electrons. The Kier molecular flexibility index (Phi) is 5.55. The summed E-state index contributed by atoms with van der Waals surface area (Å²) in [4.78, 5) is 12.4. The van der Waals surface area contributed by atoms with Crippen molar-refractivity contribution in [1.82, 2.24) is 10.2 Å². The quantitative estimate of drug-likeness (QED) is 0.684. The summed E-state index contributed by atoms with van der Waals surface area (Å²) >= 11 is 0. The number of nitrogens with zero attached hydrogens (tertiary/aromatic N) is 2. The lowest BCUT2D eigenvalue weighted by molar-refractivity contribution is 0.102. The predicted octanol–water partition coefficient (Wildman–Crippen LogP) is 2.94. The summed E-state index contributed by atoms with van der Waals surface area (Å²) in [5, 5.41) is 10.4. The van der Waals surface area contributed by atoms with Crippen molar-refractivity contribution in [3.8, 4) is 17.2 Å². The summed E-state index contributed by atoms with van der Waals surface area (Å²) in [6.45, 7) is 0. The van der Waals surface area contributed by atoms with Crippen molar-refractivity contribution in [2.24, 2.45) is 0 Å². The minimum atomic E-state index is -0.393. The van der Waals surface area contributed by atoms with E-state index in [0.717, 1.165) is 11.3 Å². The van der Waals surface area contributed by atoms with E-state index in [1.807, 2.05) is 24.3 Å². The highest BCUT2D eigenvalue weighted by Crippen LogP contribution is 2.27. The van der Waals surface area contributed by atoms with Gasteiger partial charge in [0.15, 0.2) is 11.5 Å². The van der Waals surface area contributed by atoms with Gasteiger partial charge in [0.25, 0.3) is 5.91 Å². The monoisotopic (exact) mass is 369 g/mol. The molecule has 0 atom stereocenters. The number of hydrogen-bond acceptors (Lipinski definition) is 7. The van der Waals surface area contributed by atoms with Crippen molar-refractivity contribution in [3.05, 3.63) is 59.5 Å². The van der Waals surface area contributed by atoms with Gasteiger partial charge in [-0.1, -0.05) is 17.2 Å². The Morgan fingerprint density at radius 3 is 2.37 bits per heavy atom. The van der Waals surface area contributed by atoms with Crippen LogP contribution in [0.3, 0.4) is 0 Å². The van der Waals surface area contributed by atoms with Crippen LogP contribution in [0, 0.1) is 0 Å². The Balaban J connectivity index is 1.67. The van der Waals surface area contributed by atoms with Gasteiger partial charge < -0.3 is 18.6 Å². The Bertz CT molecular complexity index is 921. The zero-order valence-electron chi connectivity index (χ0n) is 15.2. The molecule has 1 aromatic heterocycles. The summed E-state index contributed by atoms with van der Waals surface area (Å²) < 4.78 is 21.0. The fourth-order valence-electron chi connectivity index (χ4n) is 2.44. The number of hydrogen-bond donors (Lipinski definition) is 1. The highest BCUT2D eigenvalue weighted by Gasteiger charge is 2.14. The van der Waals surface area contributed by atoms with Gasteiger partial charge in [0, 0.05) is 5.56 Å². The molecule has 1 amide bonds. The Hall–Kier alpha value is -3.55. The van der Waals surface area contributed by atoms with E-state index in [9.17, 15) is 4.79 Å². The molecule has 0 saturated carbocycles. The standard InChI is InChI=1S/C19H19N3O5/c1-24-14-7-4-12(5-8-14)10-17-21-22-19(27-17)20-18(23)13-6-9-15(25-2)16(11-13)26-3/h4-9,11H,10H2,1-3H3,(H,20,22,23). The van der Waals surface area contributed by atoms with Gasteiger partial charge in [-0.15, -0.1) is 5.10 Å². The van der Waals surface area contributed by atoms with E-state index in [-0.39, 0.29) is 6.01 Å². The van der Waals surface area contributed by atoms with Crippen LogP contribution in [0.25, 0.3) is 0 Å². The van der Waals surface area contributed by atoms with Gasteiger partial charge in [0.2, 0.25) is 5.89 Å². The molecule has 27 heavy (non-hydrogen) atoms. The average Bonchev–Trinajstić information content (AvgIpc) is 3.14. The number of carbonyl (C=O) groups is 1. The Labute approximate surface area is 156 Å². The zero-order valence-corrected chi connectivity index (χ0v) is 15.2. The molecule has 3 aromatic rings. The van der Waals surface area contributed by atoms with Crippen LogP contribution in [0.15, 0.2) is 46.9 Å². The smallest absolute Gasteiger partial charge is 0.322 e. The number of nitrogens with one attached hydrogen (secondary N) is 1. The van der Waals surface area contributed by atoms with Gasteiger partial charge in [0.1, 0.15) is 5.75 Å². The number of anilines is 1. The minimum absolute atomic E-state index is 0.0262. The van der Waals surface area contributed by atoms with E-state index in [1.165, 1.54) is 14.2 Å². The summed E-state index contributed by atoms with van der Waals surface area (Å²) in [5.74, 6) is 1.76. The maximum Gasteiger partial charge on any atom is 0.322 e. The van der Waals surface area contributed by atoms with Crippen molar-refractivity contribution in [2.45, 2.75) is 6.42 Å². The molecule has 8 heteroatoms. The van der Waals surface area contributed by atoms with Crippen LogP contribution in [0.5, 0.6) is 17.2 Å². The van der Waals surface area contributed by atoms with E-state index >= 15 is 0 Å². The second-order valence-corrected chi connectivity index (χ2v) is 5.55. The largest absolute Gasteiger partial charge is 0.497 e. The molecule has 0 bridgehead atoms. The fraction of sp³-hybridized carbons (Fsp3) is 0.211. The first-order chi connectivity index (χ1) is 13.1. The predicted molar refractivity (Wildman–Crippen MR) is 97.6 cm³/mol. The SMILES string of the molecule is COc1ccc(Cc2nnc(NC(=O)c3ccc(OC)c(OC)c3)o2)cc1. The van der Waals surface area contributed by atoms with Crippen molar-refractivity contribution < 1.29 is 23.4 Å². The normalized spacial score (nSPS) is 10.3. The second kappa shape index (κ2) is 8.22. The third-order valence-electron chi connectivity index (χ3n) is 3.85. The lowest BCUT2D eigenvalue weighted by Gasteiger charge is -2.08. The van der Waals surface area contributed by atoms with Gasteiger partial charge in [-0.2, -0.15) is 0 Å². The van der Waals surface area contributed by atoms with E-state index in [0.29, 0.717) is 29.4 Å². The highest BCUT2D eigenvalue weighted by molar-refractivity contribution is 6.03. The molecule has 0 saturated heterocycles. The van der Waals surface area contributed by atoms with E-state index < -0.39 is 5.91 Å². The van der Waals surface area contributed by atoms with Crippen LogP contribution in [0.2, 0.25) is 0 Å². The van der Waals surface area contributed by atoms with Crippen molar-refractivity contribution in [1.29, 1.82) is 0 Å². The lowest BCUT2D eigenvalue weighted by Crippen LogP contribution is -2.12. The molecule has 140 valence electrons. The van der Waals surface area contributed by atoms with Gasteiger partial charge in [-0.3, -0.25) is 10.1 Å². The molecule has 1 N–H and O–H groups in total. The molecular formula is C19H19N3O5. The maximum absolute atomic E-state index is 12.4. The van der Waals surface area contributed by atoms with Crippen LogP contribution < -0.4 is 19.5 Å². The van der Waals surface area contributed by atoms with Gasteiger partial charge in [-0.05, 0) is 35.9 Å². The summed E-state index contributed by atoms with van der Waals surface area (Å²) in [5.41, 5.74) is 1.36. The summed E-state index contributed by atoms with van der Waals surface area (Å²) in [7, 11) is 4.64. The summed E-state index contributed by atoms with van der Waals surface area (Å²) in [6.07, 6.45) is 0.448. The number of aromatic nitrogens is 2. The van der Waals surface area contributed by atoms with E-state index in [2.05, 4.69) is 15.5 Å². The summed E-state index contributed by atoms with van der Waals surface area (Å²) in [6, 6.07) is 12.4. The number of carbonyl (C=O) groups excluding carboxylic acids is 1. The fourth-order valence-corrected chi connectivity index (χ4v) is 2.44. The van der Waals surface area contributed by atoms with E-state index in [1.54, 1.807) is 25.3 Å². The molecule has 0 aliphatic rings. The minimum Gasteiger partial charge on any atom is -0.497 e. The molecule has 3 rings (SSSR count). The van der Waals surface area contributed by atoms with Crippen LogP contribution in [0.1, 0.15) is 21.8 Å². The second-order valence-electron chi connectivity index (χ2n) is 5.55. The van der Waals surface area contributed by atoms with Crippen molar-refractivity contribution in [2.75, 3.05) is 26.6 Å². The number of benzene rings is 2. The molecule has 0 aliphatic carbocycles. The average molecular weight is 369 g/mol. The topological polar surface area (TPSA) is 95.7 Å². The molecule has 0 fully saturated rings. The third kappa shape index (κ3) is 4.35. The molecule has 2 aromatic carbocycles. The molecule has 0 unspecified atom stereocenters. The van der Waals surface area contributed by atoms with Gasteiger partial charge in [0.05, 0.1) is 27.8 Å². The number of rotatable bonds is 7. The van der Waals surface area contributed by atoms with E-state index in [4.69, 9.17) is 18.6 Å². The third-order valence-corrected chi connectivity index (χ3v) is 3.85. The molecule has 0 aliphatic heterocycles. The first-order valence-corrected chi connectivity index (χ1v) is 8.11. The van der Waals surface area contributed by atoms with Crippen LogP contribution in [-0.2, 0) is 6.42 Å². The number of ether oxygens (including phenoxy) is 3. The molecular weight excluding hydrogens is 350 g/mol. The molecule has 1 heterocycles. The Morgan fingerprint density at radius 1 is 0.963 bits per heavy atom. The highest BCUT2D eigenvalue weighted by atomic mass is 16.5.